The molecular formula is C25H22O5. The molecule has 152 valence electrons. The van der Waals surface area contributed by atoms with Crippen LogP contribution in [0.25, 0.3) is 0 Å². The molecule has 1 aliphatic carbocycles. The monoisotopic (exact) mass is 402 g/mol. The lowest BCUT2D eigenvalue weighted by Gasteiger charge is -2.33. The highest BCUT2D eigenvalue weighted by Gasteiger charge is 2.51. The van der Waals surface area contributed by atoms with E-state index in [1.165, 1.54) is 7.11 Å². The molecule has 2 aliphatic rings. The van der Waals surface area contributed by atoms with Gasteiger partial charge in [-0.2, -0.15) is 0 Å². The van der Waals surface area contributed by atoms with Gasteiger partial charge < -0.3 is 14.2 Å². The van der Waals surface area contributed by atoms with E-state index in [1.54, 1.807) is 24.5 Å². The number of Topliss-reactive ketones (excluding diaryl/α,β-unsaturated/α-hetero) is 1. The van der Waals surface area contributed by atoms with E-state index < -0.39 is 23.8 Å². The molecule has 2 aromatic rings. The van der Waals surface area contributed by atoms with Crippen LogP contribution in [0.2, 0.25) is 0 Å². The summed E-state index contributed by atoms with van der Waals surface area (Å²) in [6, 6.07) is 18.5. The van der Waals surface area contributed by atoms with Crippen molar-refractivity contribution in [1.82, 2.24) is 0 Å². The lowest BCUT2D eigenvalue weighted by atomic mass is 9.68. The van der Waals surface area contributed by atoms with Gasteiger partial charge in [-0.25, -0.2) is 0 Å². The molecule has 0 radical (unpaired) electrons. The third kappa shape index (κ3) is 3.48. The molecule has 2 aromatic carbocycles. The number of esters is 1. The first kappa shape index (κ1) is 19.9. The van der Waals surface area contributed by atoms with Gasteiger partial charge in [0.2, 0.25) is 6.29 Å². The van der Waals surface area contributed by atoms with Crippen molar-refractivity contribution in [2.45, 2.75) is 24.2 Å². The number of carbonyl (C=O) groups excluding carboxylic acids is 2. The Bertz CT molecular complexity index is 965. The first-order valence-electron chi connectivity index (χ1n) is 9.75. The molecule has 0 spiro atoms. The summed E-state index contributed by atoms with van der Waals surface area (Å²) in [6.45, 7) is 0. The van der Waals surface area contributed by atoms with Crippen LogP contribution in [0.3, 0.4) is 0 Å². The first-order chi connectivity index (χ1) is 14.7. The number of ether oxygens (including phenoxy) is 3. The zero-order chi connectivity index (χ0) is 21.0. The van der Waals surface area contributed by atoms with Gasteiger partial charge in [0.25, 0.3) is 0 Å². The maximum absolute atomic E-state index is 13.4. The lowest BCUT2D eigenvalue weighted by Crippen LogP contribution is -2.42. The van der Waals surface area contributed by atoms with Gasteiger partial charge in [0, 0.05) is 12.0 Å². The normalized spacial score (nSPS) is 20.6. The van der Waals surface area contributed by atoms with E-state index in [0.717, 1.165) is 0 Å². The molecule has 0 saturated heterocycles. The number of ketones is 1. The summed E-state index contributed by atoms with van der Waals surface area (Å²) < 4.78 is 16.6. The van der Waals surface area contributed by atoms with E-state index in [9.17, 15) is 9.59 Å². The van der Waals surface area contributed by atoms with Crippen LogP contribution in [0, 0.1) is 0 Å². The summed E-state index contributed by atoms with van der Waals surface area (Å²) in [7, 11) is 1.34. The Kier molecular flexibility index (Phi) is 5.63. The van der Waals surface area contributed by atoms with Crippen LogP contribution < -0.4 is 0 Å². The van der Waals surface area contributed by atoms with E-state index in [2.05, 4.69) is 0 Å². The quantitative estimate of drug-likeness (QED) is 0.687. The maximum Gasteiger partial charge on any atom is 0.325 e. The molecule has 1 heterocycles. The smallest absolute Gasteiger partial charge is 0.325 e. The van der Waals surface area contributed by atoms with Crippen molar-refractivity contribution < 1.29 is 23.8 Å². The molecular weight excluding hydrogens is 380 g/mol. The highest BCUT2D eigenvalue weighted by Crippen LogP contribution is 2.44. The number of methoxy groups -OCH3 is 1. The molecule has 0 fully saturated rings. The van der Waals surface area contributed by atoms with Crippen LogP contribution in [0.5, 0.6) is 0 Å². The Morgan fingerprint density at radius 3 is 2.17 bits per heavy atom. The number of hydrogen-bond acceptors (Lipinski definition) is 5. The fourth-order valence-corrected chi connectivity index (χ4v) is 4.02. The molecule has 0 N–H and O–H groups in total. The first-order valence-corrected chi connectivity index (χ1v) is 9.75. The Labute approximate surface area is 175 Å². The zero-order valence-electron chi connectivity index (χ0n) is 16.6. The number of rotatable bonds is 6. The molecule has 4 rings (SSSR count). The van der Waals surface area contributed by atoms with E-state index in [-0.39, 0.29) is 12.2 Å². The van der Waals surface area contributed by atoms with Crippen LogP contribution in [0.15, 0.2) is 96.8 Å². The van der Waals surface area contributed by atoms with Crippen molar-refractivity contribution in [1.29, 1.82) is 0 Å². The third-order valence-electron chi connectivity index (χ3n) is 5.33. The predicted molar refractivity (Wildman–Crippen MR) is 111 cm³/mol. The third-order valence-corrected chi connectivity index (χ3v) is 5.33. The number of carbonyl (C=O) groups is 2. The topological polar surface area (TPSA) is 61.8 Å². The van der Waals surface area contributed by atoms with Gasteiger partial charge >= 0.3 is 5.97 Å². The summed E-state index contributed by atoms with van der Waals surface area (Å²) in [5.74, 6) is -0.676. The van der Waals surface area contributed by atoms with Crippen molar-refractivity contribution in [3.8, 4) is 0 Å². The standard InChI is InChI=1S/C25H22O5/c1-28-24(27)25(18-10-4-2-5-11-18,19-12-6-3-7-13-19)21-16-20(17-22(21)26)30-23-14-8-9-15-29-23/h2-16,20,23H,17H2,1H3/t20?,23-/m1/s1. The zero-order valence-corrected chi connectivity index (χ0v) is 16.6. The van der Waals surface area contributed by atoms with Gasteiger partial charge in [0.1, 0.15) is 5.41 Å². The van der Waals surface area contributed by atoms with E-state index >= 15 is 0 Å². The van der Waals surface area contributed by atoms with Crippen LogP contribution in [-0.2, 0) is 29.2 Å². The van der Waals surface area contributed by atoms with Crippen LogP contribution in [0.4, 0.5) is 0 Å². The highest BCUT2D eigenvalue weighted by molar-refractivity contribution is 6.09. The van der Waals surface area contributed by atoms with Crippen LogP contribution >= 0.6 is 0 Å². The van der Waals surface area contributed by atoms with Crippen molar-refractivity contribution in [2.24, 2.45) is 0 Å². The molecule has 5 heteroatoms. The fourth-order valence-electron chi connectivity index (χ4n) is 4.02. The van der Waals surface area contributed by atoms with Gasteiger partial charge in [-0.05, 0) is 29.4 Å². The van der Waals surface area contributed by atoms with Gasteiger partial charge in [-0.3, -0.25) is 9.59 Å². The van der Waals surface area contributed by atoms with Crippen LogP contribution in [-0.4, -0.2) is 31.3 Å². The average Bonchev–Trinajstić information content (AvgIpc) is 3.16. The SMILES string of the molecule is COC(=O)C(C1=CC(O[C@@H]2C=CC=CO2)CC1=O)(c1ccccc1)c1ccccc1. The van der Waals surface area contributed by atoms with Crippen molar-refractivity contribution >= 4 is 11.8 Å². The Morgan fingerprint density at radius 1 is 1.00 bits per heavy atom. The number of allylic oxidation sites excluding steroid dienone is 2. The van der Waals surface area contributed by atoms with E-state index in [0.29, 0.717) is 16.7 Å². The largest absolute Gasteiger partial charge is 0.469 e. The lowest BCUT2D eigenvalue weighted by molar-refractivity contribution is -0.145. The van der Waals surface area contributed by atoms with Gasteiger partial charge in [0.05, 0.1) is 19.5 Å². The summed E-state index contributed by atoms with van der Waals surface area (Å²) >= 11 is 0. The van der Waals surface area contributed by atoms with Gasteiger partial charge in [0.15, 0.2) is 5.78 Å². The minimum absolute atomic E-state index is 0.130. The minimum Gasteiger partial charge on any atom is -0.469 e. The fraction of sp³-hybridized carbons (Fsp3) is 0.200. The molecule has 30 heavy (non-hydrogen) atoms. The van der Waals surface area contributed by atoms with E-state index in [4.69, 9.17) is 14.2 Å². The summed E-state index contributed by atoms with van der Waals surface area (Å²) in [5.41, 5.74) is 0.308. The molecule has 0 bridgehead atoms. The Morgan fingerprint density at radius 2 is 1.63 bits per heavy atom. The molecule has 0 amide bonds. The maximum atomic E-state index is 13.4. The summed E-state index contributed by atoms with van der Waals surface area (Å²) in [5, 5.41) is 0. The van der Waals surface area contributed by atoms with Crippen LogP contribution in [0.1, 0.15) is 17.5 Å². The highest BCUT2D eigenvalue weighted by atomic mass is 16.7. The molecule has 0 aromatic heterocycles. The molecule has 1 unspecified atom stereocenters. The number of benzene rings is 2. The molecule has 1 aliphatic heterocycles. The summed E-state index contributed by atoms with van der Waals surface area (Å²) in [6.07, 6.45) is 7.65. The second-order valence-electron chi connectivity index (χ2n) is 7.07. The van der Waals surface area contributed by atoms with Gasteiger partial charge in [-0.15, -0.1) is 0 Å². The second kappa shape index (κ2) is 8.51. The van der Waals surface area contributed by atoms with E-state index in [1.807, 2.05) is 66.7 Å². The van der Waals surface area contributed by atoms with Crippen molar-refractivity contribution in [2.75, 3.05) is 7.11 Å². The Hall–Kier alpha value is -3.44. The Balaban J connectivity index is 1.84. The molecule has 0 saturated carbocycles. The second-order valence-corrected chi connectivity index (χ2v) is 7.07. The van der Waals surface area contributed by atoms with Gasteiger partial charge in [-0.1, -0.05) is 66.7 Å². The minimum atomic E-state index is -1.38. The molecule has 5 nitrogen and oxygen atoms in total. The predicted octanol–water partition coefficient (Wildman–Crippen LogP) is 3.86. The average molecular weight is 402 g/mol. The number of hydrogen-bond donors (Lipinski definition) is 0. The summed E-state index contributed by atoms with van der Waals surface area (Å²) in [4.78, 5) is 26.6. The molecule has 2 atom stereocenters. The van der Waals surface area contributed by atoms with Crippen molar-refractivity contribution in [3.63, 3.8) is 0 Å². The van der Waals surface area contributed by atoms with Crippen molar-refractivity contribution in [3.05, 3.63) is 108 Å².